The molecule has 0 radical (unpaired) electrons. The van der Waals surface area contributed by atoms with Gasteiger partial charge in [-0.3, -0.25) is 4.79 Å². The van der Waals surface area contributed by atoms with Crippen molar-refractivity contribution in [3.63, 3.8) is 0 Å². The molecule has 0 fully saturated rings. The average Bonchev–Trinajstić information content (AvgIpc) is 2.51. The molecule has 0 atom stereocenters. The molecule has 2 rings (SSSR count). The van der Waals surface area contributed by atoms with E-state index in [1.165, 1.54) is 0 Å². The molecule has 0 saturated carbocycles. The lowest BCUT2D eigenvalue weighted by molar-refractivity contribution is 0.102. The maximum absolute atomic E-state index is 12.3. The Balaban J connectivity index is 2.09. The maximum atomic E-state index is 12.3. The number of aryl methyl sites for hydroxylation is 1. The van der Waals surface area contributed by atoms with Crippen LogP contribution in [0.1, 0.15) is 35.8 Å². The minimum absolute atomic E-state index is 0.286. The molecule has 0 aliphatic rings. The Bertz CT molecular complexity index is 660. The van der Waals surface area contributed by atoms with E-state index in [4.69, 9.17) is 11.6 Å². The van der Waals surface area contributed by atoms with Crippen LogP contribution in [0, 0.1) is 6.92 Å². The minimum Gasteiger partial charge on any atom is -0.354 e. The molecule has 6 heteroatoms. The quantitative estimate of drug-likeness (QED) is 0.793. The molecule has 0 saturated heterocycles. The first-order valence-electron chi connectivity index (χ1n) is 7.24. The zero-order valence-corrected chi connectivity index (χ0v) is 13.4. The number of carbonyl (C=O) groups excluding carboxylic acids is 1. The summed E-state index contributed by atoms with van der Waals surface area (Å²) in [6, 6.07) is 6.94. The Morgan fingerprint density at radius 1 is 1.32 bits per heavy atom. The lowest BCUT2D eigenvalue weighted by Gasteiger charge is -2.09. The van der Waals surface area contributed by atoms with Gasteiger partial charge in [0.25, 0.3) is 5.91 Å². The molecule has 0 unspecified atom stereocenters. The predicted molar refractivity (Wildman–Crippen MR) is 89.6 cm³/mol. The molecule has 5 nitrogen and oxygen atoms in total. The number of anilines is 2. The van der Waals surface area contributed by atoms with Gasteiger partial charge < -0.3 is 10.6 Å². The molecule has 22 heavy (non-hydrogen) atoms. The first-order chi connectivity index (χ1) is 10.6. The summed E-state index contributed by atoms with van der Waals surface area (Å²) in [5, 5.41) is 6.50. The fourth-order valence-corrected chi connectivity index (χ4v) is 2.03. The van der Waals surface area contributed by atoms with E-state index < -0.39 is 0 Å². The van der Waals surface area contributed by atoms with Gasteiger partial charge in [-0.2, -0.15) is 0 Å². The van der Waals surface area contributed by atoms with Crippen molar-refractivity contribution in [3.8, 4) is 0 Å². The van der Waals surface area contributed by atoms with Crippen LogP contribution >= 0.6 is 11.6 Å². The highest BCUT2D eigenvalue weighted by atomic mass is 35.5. The largest absolute Gasteiger partial charge is 0.354 e. The highest BCUT2D eigenvalue weighted by Crippen LogP contribution is 2.20. The summed E-state index contributed by atoms with van der Waals surface area (Å²) in [6.07, 6.45) is 3.68. The van der Waals surface area contributed by atoms with Gasteiger partial charge in [0.2, 0.25) is 5.95 Å². The van der Waals surface area contributed by atoms with E-state index in [-0.39, 0.29) is 5.91 Å². The summed E-state index contributed by atoms with van der Waals surface area (Å²) in [7, 11) is 0. The van der Waals surface area contributed by atoms with Crippen molar-refractivity contribution < 1.29 is 4.79 Å². The number of amides is 1. The summed E-state index contributed by atoms with van der Waals surface area (Å²) < 4.78 is 0. The number of hydrogen-bond acceptors (Lipinski definition) is 4. The zero-order chi connectivity index (χ0) is 15.9. The molecule has 1 aromatic carbocycles. The predicted octanol–water partition coefficient (Wildman–Crippen LogP) is 3.90. The molecule has 1 amide bonds. The smallest absolute Gasteiger partial charge is 0.274 e. The third-order valence-corrected chi connectivity index (χ3v) is 3.38. The summed E-state index contributed by atoms with van der Waals surface area (Å²) in [6.45, 7) is 4.80. The number of halogens is 1. The number of benzene rings is 1. The zero-order valence-electron chi connectivity index (χ0n) is 12.7. The number of hydrogen-bond donors (Lipinski definition) is 2. The third kappa shape index (κ3) is 4.43. The number of rotatable bonds is 6. The van der Waals surface area contributed by atoms with Gasteiger partial charge in [0.1, 0.15) is 5.69 Å². The number of nitrogens with zero attached hydrogens (tertiary/aromatic N) is 2. The summed E-state index contributed by atoms with van der Waals surface area (Å²) in [4.78, 5) is 20.6. The second kappa shape index (κ2) is 7.75. The molecule has 116 valence electrons. The van der Waals surface area contributed by atoms with Crippen LogP contribution in [0.25, 0.3) is 0 Å². The van der Waals surface area contributed by atoms with Crippen molar-refractivity contribution in [2.45, 2.75) is 26.7 Å². The summed E-state index contributed by atoms with van der Waals surface area (Å²) in [5.74, 6) is 0.176. The molecular formula is C16H19ClN4O. The van der Waals surface area contributed by atoms with Crippen molar-refractivity contribution in [1.29, 1.82) is 0 Å². The third-order valence-electron chi connectivity index (χ3n) is 3.15. The fraction of sp³-hybridized carbons (Fsp3) is 0.312. The molecule has 0 bridgehead atoms. The van der Waals surface area contributed by atoms with Gasteiger partial charge in [0.05, 0.1) is 0 Å². The second-order valence-electron chi connectivity index (χ2n) is 4.96. The molecule has 1 aromatic heterocycles. The standard InChI is InChI=1S/C16H19ClN4O/c1-3-4-8-18-16-19-9-7-13(21-16)15(22)20-14-10-12(17)6-5-11(14)2/h5-7,9-10H,3-4,8H2,1-2H3,(H,20,22)(H,18,19,21). The van der Waals surface area contributed by atoms with Crippen molar-refractivity contribution in [3.05, 3.63) is 46.7 Å². The number of carbonyl (C=O) groups is 1. The topological polar surface area (TPSA) is 66.9 Å². The minimum atomic E-state index is -0.286. The maximum Gasteiger partial charge on any atom is 0.274 e. The van der Waals surface area contributed by atoms with E-state index in [1.54, 1.807) is 24.4 Å². The van der Waals surface area contributed by atoms with E-state index in [0.29, 0.717) is 22.4 Å². The van der Waals surface area contributed by atoms with Crippen molar-refractivity contribution in [2.75, 3.05) is 17.2 Å². The Kier molecular flexibility index (Phi) is 5.72. The monoisotopic (exact) mass is 318 g/mol. The van der Waals surface area contributed by atoms with Crippen molar-refractivity contribution in [1.82, 2.24) is 9.97 Å². The molecule has 0 aliphatic carbocycles. The lowest BCUT2D eigenvalue weighted by Crippen LogP contribution is -2.16. The SMILES string of the molecule is CCCCNc1nccc(C(=O)Nc2cc(Cl)ccc2C)n1. The van der Waals surface area contributed by atoms with Crippen LogP contribution < -0.4 is 10.6 Å². The van der Waals surface area contributed by atoms with Gasteiger partial charge in [-0.25, -0.2) is 9.97 Å². The first kappa shape index (κ1) is 16.2. The molecule has 0 spiro atoms. The van der Waals surface area contributed by atoms with Gasteiger partial charge >= 0.3 is 0 Å². The average molecular weight is 319 g/mol. The molecule has 1 heterocycles. The van der Waals surface area contributed by atoms with Crippen LogP contribution in [0.4, 0.5) is 11.6 Å². The molecule has 2 aromatic rings. The Morgan fingerprint density at radius 2 is 2.14 bits per heavy atom. The normalized spacial score (nSPS) is 10.3. The van der Waals surface area contributed by atoms with Crippen LogP contribution in [0.5, 0.6) is 0 Å². The lowest BCUT2D eigenvalue weighted by atomic mass is 10.2. The Hall–Kier alpha value is -2.14. The molecular weight excluding hydrogens is 300 g/mol. The van der Waals surface area contributed by atoms with Crippen LogP contribution in [0.3, 0.4) is 0 Å². The van der Waals surface area contributed by atoms with E-state index in [9.17, 15) is 4.79 Å². The van der Waals surface area contributed by atoms with Gasteiger partial charge in [-0.05, 0) is 37.1 Å². The van der Waals surface area contributed by atoms with E-state index in [0.717, 1.165) is 24.9 Å². The highest BCUT2D eigenvalue weighted by molar-refractivity contribution is 6.31. The molecule has 0 aliphatic heterocycles. The first-order valence-corrected chi connectivity index (χ1v) is 7.62. The van der Waals surface area contributed by atoms with Gasteiger partial charge in [-0.1, -0.05) is 31.0 Å². The van der Waals surface area contributed by atoms with Crippen molar-refractivity contribution >= 4 is 29.1 Å². The fourth-order valence-electron chi connectivity index (χ4n) is 1.86. The molecule has 2 N–H and O–H groups in total. The van der Waals surface area contributed by atoms with Gasteiger partial charge in [0, 0.05) is 23.5 Å². The number of aromatic nitrogens is 2. The summed E-state index contributed by atoms with van der Waals surface area (Å²) in [5.41, 5.74) is 1.93. The van der Waals surface area contributed by atoms with Crippen LogP contribution in [0.15, 0.2) is 30.5 Å². The van der Waals surface area contributed by atoms with Crippen LogP contribution in [0.2, 0.25) is 5.02 Å². The Morgan fingerprint density at radius 3 is 2.91 bits per heavy atom. The van der Waals surface area contributed by atoms with Gasteiger partial charge in [0.15, 0.2) is 0 Å². The number of unbranched alkanes of at least 4 members (excludes halogenated alkanes) is 1. The van der Waals surface area contributed by atoms with Gasteiger partial charge in [-0.15, -0.1) is 0 Å². The van der Waals surface area contributed by atoms with Crippen LogP contribution in [-0.2, 0) is 0 Å². The number of nitrogens with one attached hydrogen (secondary N) is 2. The van der Waals surface area contributed by atoms with E-state index in [2.05, 4.69) is 27.5 Å². The Labute approximate surface area is 135 Å². The highest BCUT2D eigenvalue weighted by Gasteiger charge is 2.10. The second-order valence-corrected chi connectivity index (χ2v) is 5.40. The van der Waals surface area contributed by atoms with Crippen LogP contribution in [-0.4, -0.2) is 22.4 Å². The van der Waals surface area contributed by atoms with E-state index in [1.807, 2.05) is 13.0 Å². The van der Waals surface area contributed by atoms with Crippen molar-refractivity contribution in [2.24, 2.45) is 0 Å². The summed E-state index contributed by atoms with van der Waals surface area (Å²) >= 11 is 5.96. The van der Waals surface area contributed by atoms with E-state index >= 15 is 0 Å².